The highest BCUT2D eigenvalue weighted by Crippen LogP contribution is 2.16. The van der Waals surface area contributed by atoms with Crippen molar-refractivity contribution < 1.29 is 23.9 Å². The molecule has 0 unspecified atom stereocenters. The molecular formula is C21H24N2O5. The average molecular weight is 384 g/mol. The molecule has 1 N–H and O–H groups in total. The lowest BCUT2D eigenvalue weighted by Gasteiger charge is -2.08. The summed E-state index contributed by atoms with van der Waals surface area (Å²) in [6, 6.07) is 8.23. The monoisotopic (exact) mass is 384 g/mol. The Bertz CT molecular complexity index is 881. The maximum atomic E-state index is 12.3. The van der Waals surface area contributed by atoms with E-state index in [1.807, 2.05) is 18.4 Å². The van der Waals surface area contributed by atoms with Crippen LogP contribution in [0.15, 0.2) is 43.0 Å². The van der Waals surface area contributed by atoms with Crippen LogP contribution in [0.3, 0.4) is 0 Å². The molecule has 1 aromatic heterocycles. The number of nitrogens with one attached hydrogen (secondary N) is 1. The van der Waals surface area contributed by atoms with Crippen LogP contribution >= 0.6 is 0 Å². The fourth-order valence-corrected chi connectivity index (χ4v) is 2.77. The van der Waals surface area contributed by atoms with Gasteiger partial charge in [0, 0.05) is 29.1 Å². The maximum absolute atomic E-state index is 12.3. The van der Waals surface area contributed by atoms with Crippen LogP contribution in [-0.4, -0.2) is 42.5 Å². The molecule has 0 aliphatic heterocycles. The van der Waals surface area contributed by atoms with Crippen molar-refractivity contribution in [1.82, 2.24) is 9.88 Å². The second-order valence-electron chi connectivity index (χ2n) is 6.18. The number of aryl methyl sites for hydroxylation is 1. The minimum Gasteiger partial charge on any atom is -0.497 e. The summed E-state index contributed by atoms with van der Waals surface area (Å²) in [5.41, 5.74) is 2.62. The van der Waals surface area contributed by atoms with Crippen molar-refractivity contribution in [3.05, 3.63) is 65.5 Å². The van der Waals surface area contributed by atoms with E-state index >= 15 is 0 Å². The zero-order valence-corrected chi connectivity index (χ0v) is 16.3. The summed E-state index contributed by atoms with van der Waals surface area (Å²) in [6.07, 6.45) is 1.75. The minimum atomic E-state index is -0.685. The molecule has 0 atom stereocenters. The van der Waals surface area contributed by atoms with Gasteiger partial charge >= 0.3 is 5.97 Å². The van der Waals surface area contributed by atoms with Crippen molar-refractivity contribution in [2.24, 2.45) is 0 Å². The summed E-state index contributed by atoms with van der Waals surface area (Å²) < 4.78 is 12.0. The zero-order chi connectivity index (χ0) is 20.7. The lowest BCUT2D eigenvalue weighted by Crippen LogP contribution is -2.31. The maximum Gasteiger partial charge on any atom is 0.325 e. The van der Waals surface area contributed by atoms with Crippen LogP contribution in [0, 0.1) is 13.8 Å². The second kappa shape index (κ2) is 9.55. The first-order valence-electron chi connectivity index (χ1n) is 8.76. The Balaban J connectivity index is 1.85. The normalized spacial score (nSPS) is 10.2. The molecule has 7 nitrogen and oxygen atoms in total. The number of hydrogen-bond acceptors (Lipinski definition) is 5. The molecule has 1 amide bonds. The number of ketones is 1. The Morgan fingerprint density at radius 2 is 1.86 bits per heavy atom. The molecule has 0 aliphatic carbocycles. The zero-order valence-electron chi connectivity index (χ0n) is 16.3. The molecule has 7 heteroatoms. The van der Waals surface area contributed by atoms with Gasteiger partial charge in [0.15, 0.2) is 6.61 Å². The van der Waals surface area contributed by atoms with Gasteiger partial charge in [0.05, 0.1) is 7.11 Å². The number of methoxy groups -OCH3 is 1. The topological polar surface area (TPSA) is 86.6 Å². The smallest absolute Gasteiger partial charge is 0.325 e. The van der Waals surface area contributed by atoms with Crippen molar-refractivity contribution in [1.29, 1.82) is 0 Å². The van der Waals surface area contributed by atoms with E-state index in [-0.39, 0.29) is 18.9 Å². The van der Waals surface area contributed by atoms with Crippen LogP contribution in [0.1, 0.15) is 32.1 Å². The number of carbonyl (C=O) groups excluding carboxylic acids is 3. The number of aromatic nitrogens is 1. The second-order valence-corrected chi connectivity index (χ2v) is 6.18. The number of benzene rings is 1. The van der Waals surface area contributed by atoms with E-state index < -0.39 is 11.9 Å². The highest BCUT2D eigenvalue weighted by molar-refractivity contribution is 6.00. The molecule has 2 aromatic rings. The van der Waals surface area contributed by atoms with Gasteiger partial charge in [-0.25, -0.2) is 0 Å². The van der Waals surface area contributed by atoms with Crippen molar-refractivity contribution >= 4 is 17.7 Å². The SMILES string of the molecule is C=CCn1c(C)cc(C(=O)COC(=O)CNC(=O)c2ccc(OC)cc2)c1C. The predicted octanol–water partition coefficient (Wildman–Crippen LogP) is 2.46. The van der Waals surface area contributed by atoms with Gasteiger partial charge in [0.2, 0.25) is 5.78 Å². The van der Waals surface area contributed by atoms with Gasteiger partial charge in [0.1, 0.15) is 12.3 Å². The minimum absolute atomic E-state index is 0.293. The first kappa shape index (κ1) is 21.0. The standard InChI is InChI=1S/C21H24N2O5/c1-5-10-23-14(2)11-18(15(23)3)19(24)13-28-20(25)12-22-21(26)16-6-8-17(27-4)9-7-16/h5-9,11H,1,10,12-13H2,2-4H3,(H,22,26). The lowest BCUT2D eigenvalue weighted by atomic mass is 10.1. The molecule has 0 saturated heterocycles. The number of allylic oxidation sites excluding steroid dienone is 1. The molecule has 0 fully saturated rings. The van der Waals surface area contributed by atoms with Crippen LogP contribution < -0.4 is 10.1 Å². The van der Waals surface area contributed by atoms with E-state index in [1.54, 1.807) is 36.4 Å². The van der Waals surface area contributed by atoms with Crippen molar-refractivity contribution in [3.63, 3.8) is 0 Å². The molecule has 148 valence electrons. The third-order valence-electron chi connectivity index (χ3n) is 4.30. The number of rotatable bonds is 9. The van der Waals surface area contributed by atoms with Gasteiger partial charge < -0.3 is 19.4 Å². The Hall–Kier alpha value is -3.35. The van der Waals surface area contributed by atoms with E-state index in [1.165, 1.54) is 7.11 Å². The molecular weight excluding hydrogens is 360 g/mol. The molecule has 2 rings (SSSR count). The molecule has 1 aromatic carbocycles. The average Bonchev–Trinajstić information content (AvgIpc) is 2.99. The molecule has 28 heavy (non-hydrogen) atoms. The molecule has 0 aliphatic rings. The van der Waals surface area contributed by atoms with Gasteiger partial charge in [-0.2, -0.15) is 0 Å². The summed E-state index contributed by atoms with van der Waals surface area (Å²) in [5.74, 6) is -0.769. The van der Waals surface area contributed by atoms with Crippen molar-refractivity contribution in [2.75, 3.05) is 20.3 Å². The van der Waals surface area contributed by atoms with Crippen molar-refractivity contribution in [3.8, 4) is 5.75 Å². The van der Waals surface area contributed by atoms with E-state index in [0.29, 0.717) is 23.4 Å². The van der Waals surface area contributed by atoms with Crippen LogP contribution in [0.2, 0.25) is 0 Å². The Morgan fingerprint density at radius 1 is 1.18 bits per heavy atom. The summed E-state index contributed by atoms with van der Waals surface area (Å²) in [5, 5.41) is 2.46. The third-order valence-corrected chi connectivity index (χ3v) is 4.30. The van der Waals surface area contributed by atoms with Gasteiger partial charge in [0.25, 0.3) is 5.91 Å². The molecule has 0 bridgehead atoms. The van der Waals surface area contributed by atoms with E-state index in [0.717, 1.165) is 11.4 Å². The molecule has 0 spiro atoms. The number of Topliss-reactive ketones (excluding diaryl/α,β-unsaturated/α-hetero) is 1. The third kappa shape index (κ3) is 5.09. The predicted molar refractivity (Wildman–Crippen MR) is 105 cm³/mol. The summed E-state index contributed by atoms with van der Waals surface area (Å²) in [4.78, 5) is 36.2. The number of nitrogens with zero attached hydrogens (tertiary/aromatic N) is 1. The first-order chi connectivity index (χ1) is 13.4. The van der Waals surface area contributed by atoms with Crippen molar-refractivity contribution in [2.45, 2.75) is 20.4 Å². The van der Waals surface area contributed by atoms with E-state index in [4.69, 9.17) is 9.47 Å². The van der Waals surface area contributed by atoms with Gasteiger partial charge in [-0.15, -0.1) is 6.58 Å². The van der Waals surface area contributed by atoms with Crippen LogP contribution in [-0.2, 0) is 16.1 Å². The molecule has 0 saturated carbocycles. The lowest BCUT2D eigenvalue weighted by molar-refractivity contribution is -0.141. The quantitative estimate of drug-likeness (QED) is 0.408. The van der Waals surface area contributed by atoms with Crippen LogP contribution in [0.5, 0.6) is 5.75 Å². The number of ether oxygens (including phenoxy) is 2. The Kier molecular flexibility index (Phi) is 7.14. The summed E-state index contributed by atoms with van der Waals surface area (Å²) in [6.45, 7) is 7.33. The fourth-order valence-electron chi connectivity index (χ4n) is 2.77. The Morgan fingerprint density at radius 3 is 2.46 bits per heavy atom. The summed E-state index contributed by atoms with van der Waals surface area (Å²) >= 11 is 0. The van der Waals surface area contributed by atoms with Gasteiger partial charge in [-0.05, 0) is 44.2 Å². The largest absolute Gasteiger partial charge is 0.497 e. The van der Waals surface area contributed by atoms with Crippen LogP contribution in [0.25, 0.3) is 0 Å². The molecule has 1 heterocycles. The van der Waals surface area contributed by atoms with Gasteiger partial charge in [-0.3, -0.25) is 14.4 Å². The number of carbonyl (C=O) groups is 3. The number of amides is 1. The Labute approximate surface area is 163 Å². The number of esters is 1. The summed E-state index contributed by atoms with van der Waals surface area (Å²) in [7, 11) is 1.53. The highest BCUT2D eigenvalue weighted by Gasteiger charge is 2.17. The first-order valence-corrected chi connectivity index (χ1v) is 8.76. The fraction of sp³-hybridized carbons (Fsp3) is 0.286. The van der Waals surface area contributed by atoms with E-state index in [2.05, 4.69) is 11.9 Å². The highest BCUT2D eigenvalue weighted by atomic mass is 16.5. The molecule has 0 radical (unpaired) electrons. The van der Waals surface area contributed by atoms with Crippen LogP contribution in [0.4, 0.5) is 0 Å². The van der Waals surface area contributed by atoms with Gasteiger partial charge in [-0.1, -0.05) is 6.08 Å². The number of hydrogen-bond donors (Lipinski definition) is 1. The van der Waals surface area contributed by atoms with E-state index in [9.17, 15) is 14.4 Å².